The number of likely N-dealkylation sites (N-methyl/N-ethyl adjacent to an activating group) is 1. The summed E-state index contributed by atoms with van der Waals surface area (Å²) in [6.07, 6.45) is 0.943. The highest BCUT2D eigenvalue weighted by Gasteiger charge is 2.06. The van der Waals surface area contributed by atoms with E-state index < -0.39 is 0 Å². The highest BCUT2D eigenvalue weighted by Crippen LogP contribution is 2.27. The molecule has 0 bridgehead atoms. The molecule has 2 aromatic rings. The first-order valence-electron chi connectivity index (χ1n) is 8.00. The molecule has 0 radical (unpaired) electrons. The minimum Gasteiger partial charge on any atom is -0.493 e. The smallest absolute Gasteiger partial charge is 0.160 e. The second-order valence-corrected chi connectivity index (χ2v) is 5.66. The molecule has 130 valence electrons. The minimum atomic E-state index is 0.645. The van der Waals surface area contributed by atoms with E-state index in [1.54, 1.807) is 14.2 Å². The van der Waals surface area contributed by atoms with Gasteiger partial charge < -0.3 is 24.8 Å². The van der Waals surface area contributed by atoms with E-state index in [-0.39, 0.29) is 0 Å². The standard InChI is InChI=1S/C19H26N2O3/c1-21(12-13-24-17-7-5-16(20)6-8-17)11-10-15-4-9-18(22-2)19(14-15)23-3/h4-9,14H,10-13,20H2,1-3H3. The first-order chi connectivity index (χ1) is 11.6. The third-order valence-electron chi connectivity index (χ3n) is 3.85. The molecule has 2 N–H and O–H groups in total. The Bertz CT molecular complexity index is 629. The van der Waals surface area contributed by atoms with Gasteiger partial charge in [0.05, 0.1) is 14.2 Å². The Kier molecular flexibility index (Phi) is 6.75. The number of ether oxygens (including phenoxy) is 3. The second-order valence-electron chi connectivity index (χ2n) is 5.66. The number of hydrogen-bond donors (Lipinski definition) is 1. The molecule has 0 aliphatic rings. The molecule has 0 saturated carbocycles. The summed E-state index contributed by atoms with van der Waals surface area (Å²) in [5.74, 6) is 2.37. The van der Waals surface area contributed by atoms with E-state index in [0.717, 1.165) is 42.4 Å². The van der Waals surface area contributed by atoms with Crippen molar-refractivity contribution in [2.45, 2.75) is 6.42 Å². The van der Waals surface area contributed by atoms with E-state index in [4.69, 9.17) is 19.9 Å². The molecule has 0 saturated heterocycles. The normalized spacial score (nSPS) is 10.7. The molecular formula is C19H26N2O3. The summed E-state index contributed by atoms with van der Waals surface area (Å²) < 4.78 is 16.3. The summed E-state index contributed by atoms with van der Waals surface area (Å²) >= 11 is 0. The van der Waals surface area contributed by atoms with Crippen molar-refractivity contribution in [2.75, 3.05) is 46.7 Å². The van der Waals surface area contributed by atoms with Crippen LogP contribution < -0.4 is 19.9 Å². The Morgan fingerprint density at radius 1 is 0.917 bits per heavy atom. The van der Waals surface area contributed by atoms with Gasteiger partial charge >= 0.3 is 0 Å². The molecule has 2 rings (SSSR count). The highest BCUT2D eigenvalue weighted by molar-refractivity contribution is 5.43. The van der Waals surface area contributed by atoms with Crippen LogP contribution in [0.15, 0.2) is 42.5 Å². The summed E-state index contributed by atoms with van der Waals surface area (Å²) in [6, 6.07) is 13.5. The van der Waals surface area contributed by atoms with Gasteiger partial charge in [-0.1, -0.05) is 6.07 Å². The topological polar surface area (TPSA) is 57.0 Å². The van der Waals surface area contributed by atoms with Crippen molar-refractivity contribution in [3.05, 3.63) is 48.0 Å². The van der Waals surface area contributed by atoms with Gasteiger partial charge in [-0.2, -0.15) is 0 Å². The fourth-order valence-electron chi connectivity index (χ4n) is 2.35. The fourth-order valence-corrected chi connectivity index (χ4v) is 2.35. The van der Waals surface area contributed by atoms with E-state index in [1.807, 2.05) is 36.4 Å². The zero-order valence-electron chi connectivity index (χ0n) is 14.6. The van der Waals surface area contributed by atoms with Crippen LogP contribution in [0.1, 0.15) is 5.56 Å². The molecule has 0 amide bonds. The summed E-state index contributed by atoms with van der Waals surface area (Å²) in [7, 11) is 5.39. The minimum absolute atomic E-state index is 0.645. The van der Waals surface area contributed by atoms with Crippen molar-refractivity contribution in [1.82, 2.24) is 4.90 Å². The number of rotatable bonds is 9. The first kappa shape index (κ1) is 17.9. The SMILES string of the molecule is COc1ccc(CCN(C)CCOc2ccc(N)cc2)cc1OC. The van der Waals surface area contributed by atoms with Crippen LogP contribution in [0.4, 0.5) is 5.69 Å². The van der Waals surface area contributed by atoms with Gasteiger partial charge in [-0.3, -0.25) is 0 Å². The average Bonchev–Trinajstić information content (AvgIpc) is 2.61. The molecule has 0 heterocycles. The van der Waals surface area contributed by atoms with Gasteiger partial charge in [-0.05, 0) is 55.4 Å². The Morgan fingerprint density at radius 3 is 2.29 bits per heavy atom. The zero-order chi connectivity index (χ0) is 17.4. The number of nitrogen functional groups attached to an aromatic ring is 1. The van der Waals surface area contributed by atoms with E-state index >= 15 is 0 Å². The Morgan fingerprint density at radius 2 is 1.62 bits per heavy atom. The maximum atomic E-state index is 5.72. The molecule has 0 fully saturated rings. The van der Waals surface area contributed by atoms with Crippen molar-refractivity contribution in [1.29, 1.82) is 0 Å². The summed E-state index contributed by atoms with van der Waals surface area (Å²) in [5.41, 5.74) is 7.62. The average molecular weight is 330 g/mol. The lowest BCUT2D eigenvalue weighted by Crippen LogP contribution is -2.26. The van der Waals surface area contributed by atoms with Crippen LogP contribution in [0.3, 0.4) is 0 Å². The van der Waals surface area contributed by atoms with Gasteiger partial charge in [0.2, 0.25) is 0 Å². The fraction of sp³-hybridized carbons (Fsp3) is 0.368. The number of nitrogens with zero attached hydrogens (tertiary/aromatic N) is 1. The molecule has 5 nitrogen and oxygen atoms in total. The molecule has 0 atom stereocenters. The molecule has 0 aromatic heterocycles. The van der Waals surface area contributed by atoms with Crippen molar-refractivity contribution in [3.8, 4) is 17.2 Å². The van der Waals surface area contributed by atoms with Crippen LogP contribution in [0.25, 0.3) is 0 Å². The second kappa shape index (κ2) is 9.03. The van der Waals surface area contributed by atoms with Gasteiger partial charge in [0.15, 0.2) is 11.5 Å². The molecule has 0 unspecified atom stereocenters. The van der Waals surface area contributed by atoms with Crippen molar-refractivity contribution in [3.63, 3.8) is 0 Å². The lowest BCUT2D eigenvalue weighted by molar-refractivity contribution is 0.239. The van der Waals surface area contributed by atoms with E-state index in [2.05, 4.69) is 18.0 Å². The van der Waals surface area contributed by atoms with Crippen LogP contribution in [0.2, 0.25) is 0 Å². The van der Waals surface area contributed by atoms with Crippen LogP contribution >= 0.6 is 0 Å². The molecule has 0 aliphatic carbocycles. The van der Waals surface area contributed by atoms with Crippen LogP contribution in [-0.4, -0.2) is 45.9 Å². The number of nitrogens with two attached hydrogens (primary N) is 1. The Hall–Kier alpha value is -2.40. The van der Waals surface area contributed by atoms with Crippen molar-refractivity contribution in [2.24, 2.45) is 0 Å². The molecule has 0 aliphatic heterocycles. The molecule has 5 heteroatoms. The van der Waals surface area contributed by atoms with Gasteiger partial charge in [0.1, 0.15) is 12.4 Å². The number of benzene rings is 2. The maximum absolute atomic E-state index is 5.72. The third-order valence-corrected chi connectivity index (χ3v) is 3.85. The van der Waals surface area contributed by atoms with Gasteiger partial charge in [0.25, 0.3) is 0 Å². The third kappa shape index (κ3) is 5.35. The van der Waals surface area contributed by atoms with E-state index in [1.165, 1.54) is 5.56 Å². The molecule has 0 spiro atoms. The Labute approximate surface area is 143 Å². The van der Waals surface area contributed by atoms with Crippen molar-refractivity contribution < 1.29 is 14.2 Å². The monoisotopic (exact) mass is 330 g/mol. The highest BCUT2D eigenvalue weighted by atomic mass is 16.5. The van der Waals surface area contributed by atoms with Gasteiger partial charge in [-0.25, -0.2) is 0 Å². The van der Waals surface area contributed by atoms with E-state index in [9.17, 15) is 0 Å². The maximum Gasteiger partial charge on any atom is 0.160 e. The first-order valence-corrected chi connectivity index (χ1v) is 8.00. The summed E-state index contributed by atoms with van der Waals surface area (Å²) in [5, 5.41) is 0. The predicted molar refractivity (Wildman–Crippen MR) is 97.1 cm³/mol. The number of methoxy groups -OCH3 is 2. The quantitative estimate of drug-likeness (QED) is 0.717. The van der Waals surface area contributed by atoms with E-state index in [0.29, 0.717) is 6.61 Å². The largest absolute Gasteiger partial charge is 0.493 e. The molecular weight excluding hydrogens is 304 g/mol. The lowest BCUT2D eigenvalue weighted by atomic mass is 10.1. The van der Waals surface area contributed by atoms with Crippen LogP contribution in [0.5, 0.6) is 17.2 Å². The van der Waals surface area contributed by atoms with Crippen LogP contribution in [-0.2, 0) is 6.42 Å². The van der Waals surface area contributed by atoms with Gasteiger partial charge in [-0.15, -0.1) is 0 Å². The summed E-state index contributed by atoms with van der Waals surface area (Å²) in [4.78, 5) is 2.24. The number of hydrogen-bond acceptors (Lipinski definition) is 5. The van der Waals surface area contributed by atoms with Gasteiger partial charge in [0, 0.05) is 18.8 Å². The lowest BCUT2D eigenvalue weighted by Gasteiger charge is -2.17. The predicted octanol–water partition coefficient (Wildman–Crippen LogP) is 2.84. The van der Waals surface area contributed by atoms with Crippen LogP contribution in [0, 0.1) is 0 Å². The summed E-state index contributed by atoms with van der Waals surface area (Å²) in [6.45, 7) is 2.45. The molecule has 2 aromatic carbocycles. The Balaban J connectivity index is 1.74. The number of anilines is 1. The zero-order valence-corrected chi connectivity index (χ0v) is 14.6. The molecule has 24 heavy (non-hydrogen) atoms. The van der Waals surface area contributed by atoms with Crippen molar-refractivity contribution >= 4 is 5.69 Å².